The Balaban J connectivity index is 2.17. The summed E-state index contributed by atoms with van der Waals surface area (Å²) in [5.41, 5.74) is 6.53. The zero-order valence-electron chi connectivity index (χ0n) is 15.3. The first kappa shape index (κ1) is 18.1. The van der Waals surface area contributed by atoms with Gasteiger partial charge in [-0.25, -0.2) is 0 Å². The van der Waals surface area contributed by atoms with Crippen molar-refractivity contribution in [3.63, 3.8) is 0 Å². The van der Waals surface area contributed by atoms with Gasteiger partial charge in [0.2, 0.25) is 0 Å². The van der Waals surface area contributed by atoms with Crippen molar-refractivity contribution >= 4 is 11.8 Å². The molecule has 24 heavy (non-hydrogen) atoms. The highest BCUT2D eigenvalue weighted by molar-refractivity contribution is 5.55. The summed E-state index contributed by atoms with van der Waals surface area (Å²) in [6.07, 6.45) is 10.7. The lowest BCUT2D eigenvalue weighted by atomic mass is 9.98. The van der Waals surface area contributed by atoms with Crippen molar-refractivity contribution < 1.29 is 0 Å². The Bertz CT molecular complexity index is 690. The molecule has 0 atom stereocenters. The van der Waals surface area contributed by atoms with Crippen LogP contribution in [0.2, 0.25) is 0 Å². The molecule has 126 valence electrons. The Morgan fingerprint density at radius 3 is 2.33 bits per heavy atom. The Morgan fingerprint density at radius 1 is 1.00 bits per heavy atom. The fourth-order valence-corrected chi connectivity index (χ4v) is 2.80. The van der Waals surface area contributed by atoms with Gasteiger partial charge in [0.25, 0.3) is 0 Å². The molecule has 0 aliphatic carbocycles. The summed E-state index contributed by atoms with van der Waals surface area (Å²) >= 11 is 0. The lowest BCUT2D eigenvalue weighted by molar-refractivity contribution is 0.827. The Labute approximate surface area is 147 Å². The quantitative estimate of drug-likeness (QED) is 0.607. The van der Waals surface area contributed by atoms with Gasteiger partial charge in [-0.1, -0.05) is 74.5 Å². The molecule has 1 N–H and O–H groups in total. The van der Waals surface area contributed by atoms with Gasteiger partial charge in [0.1, 0.15) is 0 Å². The summed E-state index contributed by atoms with van der Waals surface area (Å²) in [5.74, 6) is 0.608. The van der Waals surface area contributed by atoms with Crippen LogP contribution in [0.25, 0.3) is 6.08 Å². The molecule has 2 aromatic rings. The van der Waals surface area contributed by atoms with Gasteiger partial charge in [0.05, 0.1) is 0 Å². The maximum Gasteiger partial charge on any atom is 0.0373 e. The second-order valence-electron chi connectivity index (χ2n) is 6.54. The Morgan fingerprint density at radius 2 is 1.71 bits per heavy atom. The van der Waals surface area contributed by atoms with Crippen molar-refractivity contribution in [1.82, 2.24) is 0 Å². The molecule has 0 saturated carbocycles. The van der Waals surface area contributed by atoms with Gasteiger partial charge in [0.15, 0.2) is 0 Å². The van der Waals surface area contributed by atoms with Crippen LogP contribution in [0, 0.1) is 5.92 Å². The molecule has 2 rings (SSSR count). The minimum absolute atomic E-state index is 0.608. The van der Waals surface area contributed by atoms with E-state index in [9.17, 15) is 0 Å². The summed E-state index contributed by atoms with van der Waals surface area (Å²) < 4.78 is 0. The van der Waals surface area contributed by atoms with E-state index in [4.69, 9.17) is 0 Å². The third-order valence-electron chi connectivity index (χ3n) is 4.05. The molecule has 0 amide bonds. The molecule has 0 aromatic heterocycles. The highest BCUT2D eigenvalue weighted by Gasteiger charge is 2.04. The second kappa shape index (κ2) is 9.12. The van der Waals surface area contributed by atoms with Crippen LogP contribution in [0.1, 0.15) is 43.0 Å². The van der Waals surface area contributed by atoms with Gasteiger partial charge >= 0.3 is 0 Å². The highest BCUT2D eigenvalue weighted by atomic mass is 14.8. The fraction of sp³-hybridized carbons (Fsp3) is 0.304. The van der Waals surface area contributed by atoms with Gasteiger partial charge in [0, 0.05) is 12.7 Å². The molecule has 0 unspecified atom stereocenters. The predicted molar refractivity (Wildman–Crippen MR) is 108 cm³/mol. The van der Waals surface area contributed by atoms with Crippen LogP contribution >= 0.6 is 0 Å². The smallest absolute Gasteiger partial charge is 0.0373 e. The van der Waals surface area contributed by atoms with Crippen LogP contribution in [-0.4, -0.2) is 7.05 Å². The minimum atomic E-state index is 0.608. The van der Waals surface area contributed by atoms with Crippen molar-refractivity contribution in [2.45, 2.75) is 33.6 Å². The van der Waals surface area contributed by atoms with Crippen molar-refractivity contribution in [1.29, 1.82) is 0 Å². The van der Waals surface area contributed by atoms with Crippen molar-refractivity contribution in [3.05, 3.63) is 82.9 Å². The molecule has 0 fully saturated rings. The van der Waals surface area contributed by atoms with Crippen molar-refractivity contribution in [2.75, 3.05) is 12.4 Å². The van der Waals surface area contributed by atoms with E-state index in [1.165, 1.54) is 27.9 Å². The van der Waals surface area contributed by atoms with E-state index in [0.29, 0.717) is 5.92 Å². The molecule has 0 bridgehead atoms. The first-order chi connectivity index (χ1) is 11.6. The fourth-order valence-electron chi connectivity index (χ4n) is 2.80. The lowest BCUT2D eigenvalue weighted by Gasteiger charge is -2.11. The molecular formula is C23H29N. The van der Waals surface area contributed by atoms with Crippen LogP contribution in [-0.2, 0) is 12.8 Å². The molecule has 0 spiro atoms. The van der Waals surface area contributed by atoms with E-state index in [1.807, 2.05) is 14.0 Å². The van der Waals surface area contributed by atoms with E-state index >= 15 is 0 Å². The molecule has 2 aromatic carbocycles. The highest BCUT2D eigenvalue weighted by Crippen LogP contribution is 2.22. The number of hydrogen-bond acceptors (Lipinski definition) is 1. The number of benzene rings is 2. The average molecular weight is 319 g/mol. The summed E-state index contributed by atoms with van der Waals surface area (Å²) in [4.78, 5) is 0. The average Bonchev–Trinajstić information content (AvgIpc) is 2.57. The van der Waals surface area contributed by atoms with Crippen LogP contribution in [0.4, 0.5) is 5.69 Å². The van der Waals surface area contributed by atoms with Gasteiger partial charge in [-0.15, -0.1) is 0 Å². The maximum atomic E-state index is 3.32. The Hall–Kier alpha value is -2.28. The molecule has 1 nitrogen and oxygen atoms in total. The molecule has 1 heteroatoms. The number of anilines is 1. The van der Waals surface area contributed by atoms with E-state index in [1.54, 1.807) is 0 Å². The summed E-state index contributed by atoms with van der Waals surface area (Å²) in [6.45, 7) is 6.47. The van der Waals surface area contributed by atoms with Gasteiger partial charge in [-0.05, 0) is 54.0 Å². The third-order valence-corrected chi connectivity index (χ3v) is 4.05. The molecule has 0 heterocycles. The number of allylic oxidation sites excluding steroid dienone is 3. The predicted octanol–water partition coefficient (Wildman–Crippen LogP) is 6.11. The van der Waals surface area contributed by atoms with E-state index in [-0.39, 0.29) is 0 Å². The topological polar surface area (TPSA) is 12.0 Å². The summed E-state index contributed by atoms with van der Waals surface area (Å²) in [7, 11) is 1.99. The van der Waals surface area contributed by atoms with Crippen molar-refractivity contribution in [3.8, 4) is 0 Å². The normalized spacial score (nSPS) is 11.7. The lowest BCUT2D eigenvalue weighted by Crippen LogP contribution is -1.98. The van der Waals surface area contributed by atoms with Gasteiger partial charge in [-0.3, -0.25) is 0 Å². The van der Waals surface area contributed by atoms with Gasteiger partial charge < -0.3 is 5.32 Å². The first-order valence-electron chi connectivity index (χ1n) is 8.80. The van der Waals surface area contributed by atoms with Gasteiger partial charge in [-0.2, -0.15) is 0 Å². The summed E-state index contributed by atoms with van der Waals surface area (Å²) in [6, 6.07) is 15.6. The third kappa shape index (κ3) is 5.42. The zero-order chi connectivity index (χ0) is 17.4. The van der Waals surface area contributed by atoms with E-state index in [0.717, 1.165) is 12.8 Å². The molecule has 0 saturated heterocycles. The largest absolute Gasteiger partial charge is 0.388 e. The van der Waals surface area contributed by atoms with Crippen LogP contribution < -0.4 is 5.32 Å². The standard InChI is InChI=1S/C23H29N/c1-5-7-19-10-12-21(13-11-19)17-22-16-20(9-6-8-18(2)3)14-15-23(22)24-4/h5-8,10-16,18,24H,9,17H2,1-4H3/b7-5-,8-6-. The minimum Gasteiger partial charge on any atom is -0.388 e. The molecule has 0 aliphatic heterocycles. The monoisotopic (exact) mass is 319 g/mol. The number of nitrogens with one attached hydrogen (secondary N) is 1. The molecular weight excluding hydrogens is 290 g/mol. The molecule has 0 aliphatic rings. The zero-order valence-corrected chi connectivity index (χ0v) is 15.3. The van der Waals surface area contributed by atoms with Crippen LogP contribution in [0.3, 0.4) is 0 Å². The van der Waals surface area contributed by atoms with E-state index < -0.39 is 0 Å². The number of rotatable bonds is 7. The Kier molecular flexibility index (Phi) is 6.87. The SMILES string of the molecule is C/C=C\c1ccc(Cc2cc(C/C=C\C(C)C)ccc2NC)cc1. The van der Waals surface area contributed by atoms with Crippen LogP contribution in [0.15, 0.2) is 60.7 Å². The maximum absolute atomic E-state index is 3.32. The van der Waals surface area contributed by atoms with Crippen LogP contribution in [0.5, 0.6) is 0 Å². The summed E-state index contributed by atoms with van der Waals surface area (Å²) in [5, 5.41) is 3.32. The molecule has 0 radical (unpaired) electrons. The second-order valence-corrected chi connectivity index (χ2v) is 6.54. The first-order valence-corrected chi connectivity index (χ1v) is 8.80. The van der Waals surface area contributed by atoms with E-state index in [2.05, 4.69) is 85.9 Å². The van der Waals surface area contributed by atoms with Crippen molar-refractivity contribution in [2.24, 2.45) is 5.92 Å². The number of hydrogen-bond donors (Lipinski definition) is 1.